The number of benzene rings is 3. The number of carbonyl (C=O) groups is 1. The molecule has 6 aromatic rings. The average molecular weight is 696 g/mol. The molecule has 0 aliphatic rings. The number of carbonyl (C=O) groups excluding carboxylic acids is 1. The van der Waals surface area contributed by atoms with Crippen molar-refractivity contribution in [3.63, 3.8) is 0 Å². The Morgan fingerprint density at radius 3 is 2.25 bits per heavy atom. The highest BCUT2D eigenvalue weighted by Crippen LogP contribution is 2.37. The van der Waals surface area contributed by atoms with Gasteiger partial charge >= 0.3 is 0 Å². The largest absolute Gasteiger partial charge is 0.490 e. The maximum Gasteiger partial charge on any atom is 0.287 e. The topological polar surface area (TPSA) is 104 Å². The summed E-state index contributed by atoms with van der Waals surface area (Å²) in [4.78, 5) is 35.8. The van der Waals surface area contributed by atoms with Gasteiger partial charge in [-0.1, -0.05) is 99.1 Å². The smallest absolute Gasteiger partial charge is 0.287 e. The zero-order valence-corrected chi connectivity index (χ0v) is 29.5. The number of ether oxygens (including phenoxy) is 1. The molecule has 0 aliphatic carbocycles. The van der Waals surface area contributed by atoms with E-state index in [1.165, 1.54) is 18.4 Å². The van der Waals surface area contributed by atoms with E-state index in [4.69, 9.17) is 30.2 Å². The summed E-state index contributed by atoms with van der Waals surface area (Å²) in [5.41, 5.74) is 1.28. The number of nitrogens with zero attached hydrogens (tertiary/aromatic N) is 2. The molecule has 0 unspecified atom stereocenters. The first kappa shape index (κ1) is 33.3. The van der Waals surface area contributed by atoms with Crippen LogP contribution in [0.2, 0.25) is 10.1 Å². The number of aromatic nitrogens is 2. The molecule has 3 aromatic carbocycles. The Balaban J connectivity index is 1.22. The van der Waals surface area contributed by atoms with Crippen molar-refractivity contribution >= 4 is 58.4 Å². The van der Waals surface area contributed by atoms with Gasteiger partial charge in [0, 0.05) is 28.4 Å². The highest BCUT2D eigenvalue weighted by Gasteiger charge is 2.50. The quantitative estimate of drug-likeness (QED) is 0.122. The molecule has 8 nitrogen and oxygen atoms in total. The van der Waals surface area contributed by atoms with Crippen LogP contribution in [-0.4, -0.2) is 44.5 Å². The number of thiazole rings is 1. The van der Waals surface area contributed by atoms with Crippen molar-refractivity contribution in [2.24, 2.45) is 0 Å². The molecule has 0 radical (unpaired) electrons. The normalized spacial score (nSPS) is 11.9. The Morgan fingerprint density at radius 2 is 1.60 bits per heavy atom. The zero-order chi connectivity index (χ0) is 33.9. The fourth-order valence-corrected chi connectivity index (χ4v) is 11.4. The predicted octanol–water partition coefficient (Wildman–Crippen LogP) is 6.95. The third kappa shape index (κ3) is 6.57. The van der Waals surface area contributed by atoms with Crippen molar-refractivity contribution in [1.82, 2.24) is 15.3 Å². The van der Waals surface area contributed by atoms with Crippen LogP contribution in [0.4, 0.5) is 0 Å². The number of pyridine rings is 1. The molecule has 11 heteroatoms. The number of halogens is 1. The summed E-state index contributed by atoms with van der Waals surface area (Å²) in [6, 6.07) is 31.0. The Kier molecular flexibility index (Phi) is 9.61. The number of rotatable bonds is 10. The van der Waals surface area contributed by atoms with Crippen LogP contribution in [0.15, 0.2) is 112 Å². The van der Waals surface area contributed by atoms with Gasteiger partial charge in [0.1, 0.15) is 10.7 Å². The lowest BCUT2D eigenvalue weighted by Crippen LogP contribution is -2.67. The molecule has 0 atom stereocenters. The van der Waals surface area contributed by atoms with Crippen LogP contribution < -0.4 is 25.9 Å². The summed E-state index contributed by atoms with van der Waals surface area (Å²) < 4.78 is 18.2. The zero-order valence-electron chi connectivity index (χ0n) is 27.0. The highest BCUT2D eigenvalue weighted by atomic mass is 35.5. The molecule has 48 heavy (non-hydrogen) atoms. The molecular formula is C37H34ClN3O5SSi. The summed E-state index contributed by atoms with van der Waals surface area (Å²) in [6.07, 6.45) is 0. The van der Waals surface area contributed by atoms with Gasteiger partial charge in [-0.3, -0.25) is 9.59 Å². The van der Waals surface area contributed by atoms with E-state index in [1.807, 2.05) is 60.7 Å². The van der Waals surface area contributed by atoms with E-state index in [-0.39, 0.29) is 35.5 Å². The molecule has 1 amide bonds. The van der Waals surface area contributed by atoms with Gasteiger partial charge in [-0.15, -0.1) is 11.3 Å². The monoisotopic (exact) mass is 695 g/mol. The fraction of sp³-hybridized carbons (Fsp3) is 0.189. The number of methoxy groups -OCH3 is 1. The molecule has 0 bridgehead atoms. The molecular weight excluding hydrogens is 662 g/mol. The van der Waals surface area contributed by atoms with Crippen LogP contribution in [0, 0.1) is 0 Å². The molecule has 6 rings (SSSR count). The Bertz CT molecular complexity index is 2090. The van der Waals surface area contributed by atoms with Gasteiger partial charge in [0.2, 0.25) is 11.2 Å². The minimum Gasteiger partial charge on any atom is -0.490 e. The van der Waals surface area contributed by atoms with Gasteiger partial charge < -0.3 is 18.9 Å². The maximum absolute atomic E-state index is 13.4. The number of hydrogen-bond donors (Lipinski definition) is 1. The van der Waals surface area contributed by atoms with Crippen LogP contribution in [0.1, 0.15) is 31.3 Å². The highest BCUT2D eigenvalue weighted by molar-refractivity contribution is 7.13. The predicted molar refractivity (Wildman–Crippen MR) is 194 cm³/mol. The standard InChI is InChI=1S/C37H34ClN3O5SSi/c1-37(2,3)48(26-11-7-5-8-12-26,27-13-9-6-10-14-27)45-20-19-39-35(43)32-22-31(42)34(44-4)33(46-32)30-23-47-36(41-30)29-17-15-24-21-25(38)16-18-28(24)40-29/h5-18,21-23H,19-20H2,1-4H3,(H,39,43). The fourth-order valence-electron chi connectivity index (χ4n) is 5.88. The van der Waals surface area contributed by atoms with Crippen LogP contribution in [0.3, 0.4) is 0 Å². The second-order valence-corrected chi connectivity index (χ2v) is 17.8. The lowest BCUT2D eigenvalue weighted by molar-refractivity contribution is 0.0916. The van der Waals surface area contributed by atoms with Crippen LogP contribution in [-0.2, 0) is 4.43 Å². The SMILES string of the molecule is COc1c(-c2csc(-c3ccc4cc(Cl)ccc4n3)n2)oc(C(=O)NCCO[Si](c2ccccc2)(c2ccccc2)C(C)(C)C)cc1=O. The second kappa shape index (κ2) is 13.9. The van der Waals surface area contributed by atoms with Gasteiger partial charge in [-0.05, 0) is 39.7 Å². The van der Waals surface area contributed by atoms with Gasteiger partial charge in [0.15, 0.2) is 11.5 Å². The lowest BCUT2D eigenvalue weighted by atomic mass is 10.2. The Labute approximate surface area is 288 Å². The molecule has 0 saturated carbocycles. The first-order chi connectivity index (χ1) is 23.1. The van der Waals surface area contributed by atoms with E-state index in [1.54, 1.807) is 11.4 Å². The Morgan fingerprint density at radius 1 is 0.917 bits per heavy atom. The van der Waals surface area contributed by atoms with Gasteiger partial charge in [0.25, 0.3) is 14.2 Å². The Hall–Kier alpha value is -4.61. The third-order valence-electron chi connectivity index (χ3n) is 8.06. The average Bonchev–Trinajstić information content (AvgIpc) is 3.58. The summed E-state index contributed by atoms with van der Waals surface area (Å²) in [7, 11) is -1.40. The first-order valence-electron chi connectivity index (χ1n) is 15.4. The van der Waals surface area contributed by atoms with Crippen molar-refractivity contribution in [3.8, 4) is 27.9 Å². The molecule has 3 aromatic heterocycles. The summed E-state index contributed by atoms with van der Waals surface area (Å²) >= 11 is 7.46. The minimum atomic E-state index is -2.78. The van der Waals surface area contributed by atoms with Crippen molar-refractivity contribution in [2.45, 2.75) is 25.8 Å². The van der Waals surface area contributed by atoms with E-state index in [2.05, 4.69) is 55.3 Å². The van der Waals surface area contributed by atoms with Crippen LogP contribution in [0.25, 0.3) is 33.1 Å². The van der Waals surface area contributed by atoms with Crippen molar-refractivity contribution in [2.75, 3.05) is 20.3 Å². The van der Waals surface area contributed by atoms with Crippen LogP contribution >= 0.6 is 22.9 Å². The van der Waals surface area contributed by atoms with Crippen molar-refractivity contribution in [3.05, 3.63) is 123 Å². The summed E-state index contributed by atoms with van der Waals surface area (Å²) in [6.45, 7) is 7.05. The van der Waals surface area contributed by atoms with E-state index in [9.17, 15) is 9.59 Å². The number of amides is 1. The van der Waals surface area contributed by atoms with E-state index in [0.717, 1.165) is 27.3 Å². The lowest BCUT2D eigenvalue weighted by Gasteiger charge is -2.43. The molecule has 0 spiro atoms. The summed E-state index contributed by atoms with van der Waals surface area (Å²) in [5.74, 6) is -0.683. The molecule has 0 aliphatic heterocycles. The van der Waals surface area contributed by atoms with Crippen molar-refractivity contribution < 1.29 is 18.4 Å². The third-order valence-corrected chi connectivity index (χ3v) is 14.2. The van der Waals surface area contributed by atoms with Gasteiger partial charge in [0.05, 0.1) is 24.9 Å². The summed E-state index contributed by atoms with van der Waals surface area (Å²) in [5, 5.41) is 8.84. The van der Waals surface area contributed by atoms with Crippen molar-refractivity contribution in [1.29, 1.82) is 0 Å². The van der Waals surface area contributed by atoms with E-state index >= 15 is 0 Å². The first-order valence-corrected chi connectivity index (χ1v) is 18.6. The van der Waals surface area contributed by atoms with E-state index < -0.39 is 19.7 Å². The molecule has 3 heterocycles. The second-order valence-electron chi connectivity index (χ2n) is 12.2. The van der Waals surface area contributed by atoms with Gasteiger partial charge in [-0.25, -0.2) is 9.97 Å². The molecule has 244 valence electrons. The minimum absolute atomic E-state index is 0.0421. The molecule has 0 saturated heterocycles. The number of hydrogen-bond acceptors (Lipinski definition) is 8. The number of nitrogens with one attached hydrogen (secondary N) is 1. The molecule has 0 fully saturated rings. The maximum atomic E-state index is 13.4. The van der Waals surface area contributed by atoms with E-state index in [0.29, 0.717) is 21.4 Å². The molecule has 1 N–H and O–H groups in total. The van der Waals surface area contributed by atoms with Gasteiger partial charge in [-0.2, -0.15) is 0 Å². The number of fused-ring (bicyclic) bond motifs is 1. The van der Waals surface area contributed by atoms with Crippen LogP contribution in [0.5, 0.6) is 5.75 Å².